The molecule has 2 amide bonds. The number of alkyl halides is 3. The Hall–Kier alpha value is -5.64. The first-order chi connectivity index (χ1) is 23.2. The van der Waals surface area contributed by atoms with Crippen LogP contribution in [0.1, 0.15) is 33.6 Å². The number of hydrogen-bond donors (Lipinski definition) is 0. The summed E-state index contributed by atoms with van der Waals surface area (Å²) in [4.78, 5) is 43.1. The number of benzene rings is 3. The van der Waals surface area contributed by atoms with E-state index in [9.17, 15) is 22.8 Å². The van der Waals surface area contributed by atoms with E-state index in [4.69, 9.17) is 0 Å². The molecule has 3 heterocycles. The third-order valence-corrected chi connectivity index (χ3v) is 8.27. The van der Waals surface area contributed by atoms with Gasteiger partial charge >= 0.3 is 6.18 Å². The summed E-state index contributed by atoms with van der Waals surface area (Å²) in [5, 5.41) is 0. The van der Waals surface area contributed by atoms with Crippen LogP contribution in [0.3, 0.4) is 0 Å². The summed E-state index contributed by atoms with van der Waals surface area (Å²) in [6.07, 6.45) is 2.66. The van der Waals surface area contributed by atoms with Gasteiger partial charge in [-0.2, -0.15) is 13.2 Å². The quantitative estimate of drug-likeness (QED) is 0.165. The van der Waals surface area contributed by atoms with Crippen molar-refractivity contribution in [2.75, 3.05) is 6.54 Å². The van der Waals surface area contributed by atoms with Crippen LogP contribution in [0.5, 0.6) is 0 Å². The minimum Gasteiger partial charge on any atom is -0.336 e. The maximum Gasteiger partial charge on any atom is 0.451 e. The number of amides is 2. The van der Waals surface area contributed by atoms with E-state index in [-0.39, 0.29) is 24.4 Å². The molecule has 0 saturated carbocycles. The van der Waals surface area contributed by atoms with Crippen LogP contribution in [-0.4, -0.2) is 49.2 Å². The highest BCUT2D eigenvalue weighted by molar-refractivity contribution is 5.95. The standard InChI is InChI=1S/C38H32F3N5O2/c39-38(40,41)37-43-23-29(24-44-37)15-18-35(47)46(25-28-13-16-31(17-14-28)33-12-6-7-20-42-33)34(22-27-8-2-1-3-9-27)36(48)45-21-19-30-10-4-5-11-32(30)26-45/h1-18,20,23-24,34H,19,21-22,25-26H2. The second-order valence-electron chi connectivity index (χ2n) is 11.5. The number of fused-ring (bicyclic) bond motifs is 1. The van der Waals surface area contributed by atoms with E-state index in [0.717, 1.165) is 40.3 Å². The van der Waals surface area contributed by atoms with Crippen LogP contribution in [0.2, 0.25) is 0 Å². The predicted octanol–water partition coefficient (Wildman–Crippen LogP) is 6.80. The summed E-state index contributed by atoms with van der Waals surface area (Å²) in [7, 11) is 0. The molecular weight excluding hydrogens is 615 g/mol. The van der Waals surface area contributed by atoms with Crippen molar-refractivity contribution in [2.24, 2.45) is 0 Å². The molecule has 242 valence electrons. The molecular formula is C38H32F3N5O2. The summed E-state index contributed by atoms with van der Waals surface area (Å²) in [6, 6.07) is 30.0. The van der Waals surface area contributed by atoms with Crippen LogP contribution in [0.25, 0.3) is 17.3 Å². The first-order valence-electron chi connectivity index (χ1n) is 15.5. The van der Waals surface area contributed by atoms with Crippen molar-refractivity contribution in [2.45, 2.75) is 38.1 Å². The van der Waals surface area contributed by atoms with E-state index >= 15 is 0 Å². The smallest absolute Gasteiger partial charge is 0.336 e. The lowest BCUT2D eigenvalue weighted by molar-refractivity contribution is -0.145. The van der Waals surface area contributed by atoms with Crippen molar-refractivity contribution in [3.8, 4) is 11.3 Å². The minimum absolute atomic E-state index is 0.114. The molecule has 1 aliphatic rings. The van der Waals surface area contributed by atoms with Gasteiger partial charge in [-0.3, -0.25) is 14.6 Å². The van der Waals surface area contributed by atoms with E-state index in [1.54, 1.807) is 11.1 Å². The molecule has 0 N–H and O–H groups in total. The van der Waals surface area contributed by atoms with Gasteiger partial charge in [-0.15, -0.1) is 0 Å². The summed E-state index contributed by atoms with van der Waals surface area (Å²) < 4.78 is 39.0. The van der Waals surface area contributed by atoms with Crippen molar-refractivity contribution in [3.63, 3.8) is 0 Å². The van der Waals surface area contributed by atoms with Crippen LogP contribution in [0.15, 0.2) is 122 Å². The maximum absolute atomic E-state index is 14.5. The number of nitrogens with zero attached hydrogens (tertiary/aromatic N) is 5. The fraction of sp³-hybridized carbons (Fsp3) is 0.184. The fourth-order valence-electron chi connectivity index (χ4n) is 5.75. The van der Waals surface area contributed by atoms with Gasteiger partial charge in [-0.05, 0) is 46.9 Å². The molecule has 6 rings (SSSR count). The van der Waals surface area contributed by atoms with E-state index < -0.39 is 23.9 Å². The van der Waals surface area contributed by atoms with Crippen LogP contribution < -0.4 is 0 Å². The summed E-state index contributed by atoms with van der Waals surface area (Å²) in [6.45, 7) is 1.06. The Morgan fingerprint density at radius 1 is 0.812 bits per heavy atom. The molecule has 3 aromatic carbocycles. The first kappa shape index (κ1) is 32.3. The molecule has 48 heavy (non-hydrogen) atoms. The molecule has 0 fully saturated rings. The lowest BCUT2D eigenvalue weighted by Crippen LogP contribution is -2.52. The molecule has 2 aromatic heterocycles. The highest BCUT2D eigenvalue weighted by Gasteiger charge is 2.35. The second-order valence-corrected chi connectivity index (χ2v) is 11.5. The summed E-state index contributed by atoms with van der Waals surface area (Å²) in [5.41, 5.74) is 5.88. The van der Waals surface area contributed by atoms with Gasteiger partial charge in [0.25, 0.3) is 0 Å². The SMILES string of the molecule is O=C(C(Cc1ccccc1)N(Cc1ccc(-c2ccccn2)cc1)C(=O)C=Cc1cnc(C(F)(F)F)nc1)N1CCc2ccccc2C1. The average Bonchev–Trinajstić information content (AvgIpc) is 3.12. The maximum atomic E-state index is 14.5. The highest BCUT2D eigenvalue weighted by Crippen LogP contribution is 2.26. The molecule has 1 unspecified atom stereocenters. The minimum atomic E-state index is -4.68. The number of hydrogen-bond acceptors (Lipinski definition) is 5. The Balaban J connectivity index is 1.34. The van der Waals surface area contributed by atoms with E-state index in [1.165, 1.54) is 22.6 Å². The lowest BCUT2D eigenvalue weighted by Gasteiger charge is -2.37. The summed E-state index contributed by atoms with van der Waals surface area (Å²) in [5.74, 6) is -1.92. The number of carbonyl (C=O) groups is 2. The van der Waals surface area contributed by atoms with Crippen LogP contribution in [0, 0.1) is 0 Å². The third kappa shape index (κ3) is 7.83. The molecule has 7 nitrogen and oxygen atoms in total. The lowest BCUT2D eigenvalue weighted by atomic mass is 9.97. The molecule has 5 aromatic rings. The van der Waals surface area contributed by atoms with E-state index in [2.05, 4.69) is 21.0 Å². The zero-order valence-corrected chi connectivity index (χ0v) is 25.9. The number of halogens is 3. The van der Waals surface area contributed by atoms with Crippen molar-refractivity contribution >= 4 is 17.9 Å². The van der Waals surface area contributed by atoms with Gasteiger partial charge in [0.05, 0.1) is 5.69 Å². The van der Waals surface area contributed by atoms with Crippen molar-refractivity contribution < 1.29 is 22.8 Å². The van der Waals surface area contributed by atoms with Gasteiger partial charge in [-0.1, -0.05) is 84.9 Å². The van der Waals surface area contributed by atoms with Crippen LogP contribution >= 0.6 is 0 Å². The topological polar surface area (TPSA) is 79.3 Å². The normalized spacial score (nSPS) is 13.6. The number of pyridine rings is 1. The number of aromatic nitrogens is 3. The van der Waals surface area contributed by atoms with Crippen LogP contribution in [0.4, 0.5) is 13.2 Å². The second kappa shape index (κ2) is 14.4. The average molecular weight is 648 g/mol. The molecule has 1 aliphatic heterocycles. The predicted molar refractivity (Wildman–Crippen MR) is 176 cm³/mol. The Morgan fingerprint density at radius 2 is 1.50 bits per heavy atom. The first-order valence-corrected chi connectivity index (χ1v) is 15.5. The molecule has 0 spiro atoms. The van der Waals surface area contributed by atoms with Gasteiger partial charge in [0, 0.05) is 61.8 Å². The molecule has 0 aliphatic carbocycles. The zero-order valence-electron chi connectivity index (χ0n) is 25.9. The molecule has 10 heteroatoms. The van der Waals surface area contributed by atoms with Gasteiger partial charge < -0.3 is 9.80 Å². The van der Waals surface area contributed by atoms with Crippen molar-refractivity contribution in [1.29, 1.82) is 0 Å². The fourth-order valence-corrected chi connectivity index (χ4v) is 5.75. The van der Waals surface area contributed by atoms with Gasteiger partial charge in [0.2, 0.25) is 17.6 Å². The molecule has 0 radical (unpaired) electrons. The van der Waals surface area contributed by atoms with E-state index in [1.807, 2.05) is 91.0 Å². The Labute approximate surface area is 276 Å². The number of carbonyl (C=O) groups excluding carboxylic acids is 2. The Kier molecular flexibility index (Phi) is 9.70. The number of rotatable bonds is 9. The monoisotopic (exact) mass is 647 g/mol. The zero-order chi connectivity index (χ0) is 33.5. The Bertz CT molecular complexity index is 1880. The Morgan fingerprint density at radius 3 is 2.19 bits per heavy atom. The highest BCUT2D eigenvalue weighted by atomic mass is 19.4. The van der Waals surface area contributed by atoms with Crippen molar-refractivity contribution in [3.05, 3.63) is 155 Å². The molecule has 0 saturated heterocycles. The molecule has 0 bridgehead atoms. The van der Waals surface area contributed by atoms with Crippen LogP contribution in [-0.2, 0) is 41.7 Å². The molecule has 1 atom stereocenters. The largest absolute Gasteiger partial charge is 0.451 e. The van der Waals surface area contributed by atoms with Gasteiger partial charge in [0.15, 0.2) is 0 Å². The van der Waals surface area contributed by atoms with Gasteiger partial charge in [-0.25, -0.2) is 9.97 Å². The summed E-state index contributed by atoms with van der Waals surface area (Å²) >= 11 is 0. The van der Waals surface area contributed by atoms with Crippen molar-refractivity contribution in [1.82, 2.24) is 24.8 Å². The van der Waals surface area contributed by atoms with Gasteiger partial charge in [0.1, 0.15) is 6.04 Å². The van der Waals surface area contributed by atoms with E-state index in [0.29, 0.717) is 19.5 Å². The third-order valence-electron chi connectivity index (χ3n) is 8.27.